The van der Waals surface area contributed by atoms with Crippen molar-refractivity contribution >= 4 is 27.6 Å². The zero-order valence-corrected chi connectivity index (χ0v) is 18.2. The summed E-state index contributed by atoms with van der Waals surface area (Å²) in [6.07, 6.45) is 1.96. The second-order valence-electron chi connectivity index (χ2n) is 8.06. The molecule has 3 heteroatoms. The highest BCUT2D eigenvalue weighted by molar-refractivity contribution is 6.13. The molecular formula is C29H25N2O+. The van der Waals surface area contributed by atoms with Gasteiger partial charge in [0.15, 0.2) is 11.9 Å². The summed E-state index contributed by atoms with van der Waals surface area (Å²) >= 11 is 0. The van der Waals surface area contributed by atoms with Crippen molar-refractivity contribution in [3.05, 3.63) is 95.5 Å². The summed E-state index contributed by atoms with van der Waals surface area (Å²) in [5.41, 5.74) is 5.37. The van der Waals surface area contributed by atoms with Crippen LogP contribution >= 0.6 is 0 Å². The molecule has 0 fully saturated rings. The summed E-state index contributed by atoms with van der Waals surface area (Å²) in [6.45, 7) is 8.68. The molecule has 2 heterocycles. The number of pyridine rings is 1. The van der Waals surface area contributed by atoms with Gasteiger partial charge >= 0.3 is 0 Å². The Morgan fingerprint density at radius 2 is 1.78 bits per heavy atom. The molecule has 32 heavy (non-hydrogen) atoms. The van der Waals surface area contributed by atoms with Crippen LogP contribution in [0.25, 0.3) is 49.2 Å². The van der Waals surface area contributed by atoms with E-state index < -0.39 is 12.7 Å². The third kappa shape index (κ3) is 2.99. The first-order valence-corrected chi connectivity index (χ1v) is 10.5. The van der Waals surface area contributed by atoms with Crippen molar-refractivity contribution in [2.75, 3.05) is 0 Å². The third-order valence-electron chi connectivity index (χ3n) is 5.99. The van der Waals surface area contributed by atoms with E-state index in [-0.39, 0.29) is 5.56 Å². The average Bonchev–Trinajstić information content (AvgIpc) is 3.21. The standard InChI is InChI=1S/C29H25N2O/c1-18(2)25-27(20-11-7-6-8-12-20)23(30-4)17-22-21-15-14-19(3)26(28(21)32-29(22)25)24-13-9-10-16-31(24)5/h6-18H,1-3,5H3/q+1/i1D3,18D. The van der Waals surface area contributed by atoms with Gasteiger partial charge in [-0.2, -0.15) is 0 Å². The highest BCUT2D eigenvalue weighted by Crippen LogP contribution is 2.47. The summed E-state index contributed by atoms with van der Waals surface area (Å²) in [7, 11) is 1.96. The van der Waals surface area contributed by atoms with Crippen molar-refractivity contribution in [1.82, 2.24) is 0 Å². The molecule has 0 saturated carbocycles. The van der Waals surface area contributed by atoms with Crippen LogP contribution in [0.1, 0.15) is 36.3 Å². The van der Waals surface area contributed by atoms with Crippen molar-refractivity contribution < 1.29 is 14.5 Å². The molecule has 0 bridgehead atoms. The van der Waals surface area contributed by atoms with Crippen LogP contribution in [0.3, 0.4) is 0 Å². The lowest BCUT2D eigenvalue weighted by atomic mass is 9.89. The quantitative estimate of drug-likeness (QED) is 0.216. The third-order valence-corrected chi connectivity index (χ3v) is 5.99. The van der Waals surface area contributed by atoms with Crippen LogP contribution in [0.15, 0.2) is 77.3 Å². The summed E-state index contributed by atoms with van der Waals surface area (Å²) in [5, 5.41) is 1.41. The van der Waals surface area contributed by atoms with Crippen LogP contribution in [0.2, 0.25) is 0 Å². The second kappa shape index (κ2) is 7.66. The molecule has 0 aliphatic heterocycles. The Morgan fingerprint density at radius 3 is 2.50 bits per heavy atom. The van der Waals surface area contributed by atoms with Crippen LogP contribution in [0, 0.1) is 13.5 Å². The van der Waals surface area contributed by atoms with Gasteiger partial charge in [-0.25, -0.2) is 9.41 Å². The van der Waals surface area contributed by atoms with Gasteiger partial charge in [0.1, 0.15) is 18.2 Å². The maximum Gasteiger partial charge on any atom is 0.216 e. The van der Waals surface area contributed by atoms with Crippen LogP contribution in [-0.4, -0.2) is 0 Å². The molecule has 0 saturated heterocycles. The van der Waals surface area contributed by atoms with Crippen molar-refractivity contribution in [3.8, 4) is 22.4 Å². The Hall–Kier alpha value is -3.90. The molecule has 3 nitrogen and oxygen atoms in total. The number of aromatic nitrogens is 1. The van der Waals surface area contributed by atoms with Crippen LogP contribution in [0.4, 0.5) is 5.69 Å². The van der Waals surface area contributed by atoms with Gasteiger partial charge in [-0.3, -0.25) is 0 Å². The molecule has 5 rings (SSSR count). The second-order valence-corrected chi connectivity index (χ2v) is 8.06. The molecule has 0 amide bonds. The van der Waals surface area contributed by atoms with E-state index in [4.69, 9.17) is 16.5 Å². The van der Waals surface area contributed by atoms with E-state index in [9.17, 15) is 0 Å². The van der Waals surface area contributed by atoms with Crippen LogP contribution < -0.4 is 4.57 Å². The first-order chi connectivity index (χ1) is 17.1. The van der Waals surface area contributed by atoms with E-state index in [1.807, 2.05) is 85.4 Å². The van der Waals surface area contributed by atoms with Gasteiger partial charge in [-0.15, -0.1) is 0 Å². The van der Waals surface area contributed by atoms with Gasteiger partial charge in [-0.1, -0.05) is 56.2 Å². The number of aryl methyl sites for hydroxylation is 2. The average molecular weight is 422 g/mol. The maximum atomic E-state index is 9.10. The number of benzene rings is 3. The largest absolute Gasteiger partial charge is 0.455 e. The van der Waals surface area contributed by atoms with Crippen molar-refractivity contribution in [2.45, 2.75) is 26.6 Å². The molecule has 0 aliphatic rings. The zero-order valence-electron chi connectivity index (χ0n) is 22.2. The van der Waals surface area contributed by atoms with Crippen molar-refractivity contribution in [1.29, 1.82) is 0 Å². The van der Waals surface area contributed by atoms with Gasteiger partial charge < -0.3 is 4.42 Å². The summed E-state index contributed by atoms with van der Waals surface area (Å²) in [6, 6.07) is 20.8. The molecule has 156 valence electrons. The Kier molecular flexibility index (Phi) is 3.79. The van der Waals surface area contributed by atoms with Gasteiger partial charge in [0.2, 0.25) is 5.69 Å². The fraction of sp³-hybridized carbons (Fsp3) is 0.172. The Morgan fingerprint density at radius 1 is 1.00 bits per heavy atom. The van der Waals surface area contributed by atoms with Gasteiger partial charge in [0, 0.05) is 28.4 Å². The van der Waals surface area contributed by atoms with Gasteiger partial charge in [0.05, 0.1) is 12.1 Å². The molecule has 1 atom stereocenters. The fourth-order valence-electron chi connectivity index (χ4n) is 4.50. The summed E-state index contributed by atoms with van der Waals surface area (Å²) in [4.78, 5) is 3.79. The number of furan rings is 1. The van der Waals surface area contributed by atoms with E-state index in [1.54, 1.807) is 6.07 Å². The van der Waals surface area contributed by atoms with E-state index in [2.05, 4.69) is 4.85 Å². The molecule has 3 aromatic carbocycles. The topological polar surface area (TPSA) is 21.4 Å². The minimum atomic E-state index is -2.66. The Labute approximate surface area is 194 Å². The maximum absolute atomic E-state index is 9.10. The number of hydrogen-bond donors (Lipinski definition) is 0. The van der Waals surface area contributed by atoms with Crippen LogP contribution in [-0.2, 0) is 7.05 Å². The number of fused-ring (bicyclic) bond motifs is 3. The van der Waals surface area contributed by atoms with E-state index in [0.717, 1.165) is 22.2 Å². The molecule has 1 unspecified atom stereocenters. The van der Waals surface area contributed by atoms with Gasteiger partial charge in [0.25, 0.3) is 0 Å². The molecular weight excluding hydrogens is 392 g/mol. The fourth-order valence-corrected chi connectivity index (χ4v) is 4.50. The predicted molar refractivity (Wildman–Crippen MR) is 131 cm³/mol. The smallest absolute Gasteiger partial charge is 0.216 e. The van der Waals surface area contributed by atoms with Crippen LogP contribution in [0.5, 0.6) is 0 Å². The SMILES string of the molecule is [2H]C([2H])([2H])C([2H])(C)c1c(-c2ccccc2)c([N+]#[C-])cc2c1oc1c(-c3cccc[n+]3C)c(C)ccc12. The van der Waals surface area contributed by atoms with E-state index in [1.165, 1.54) is 6.92 Å². The Bertz CT molecular complexity index is 1680. The highest BCUT2D eigenvalue weighted by atomic mass is 16.3. The Balaban J connectivity index is 2.02. The lowest BCUT2D eigenvalue weighted by molar-refractivity contribution is -0.660. The zero-order chi connectivity index (χ0) is 25.8. The summed E-state index contributed by atoms with van der Waals surface area (Å²) in [5.74, 6) is -2.03. The van der Waals surface area contributed by atoms with Gasteiger partial charge in [-0.05, 0) is 47.2 Å². The molecule has 0 aliphatic carbocycles. The first kappa shape index (κ1) is 15.8. The first-order valence-electron chi connectivity index (χ1n) is 12.5. The van der Waals surface area contributed by atoms with E-state index in [0.29, 0.717) is 33.4 Å². The lowest BCUT2D eigenvalue weighted by Crippen LogP contribution is -2.30. The minimum Gasteiger partial charge on any atom is -0.455 e. The van der Waals surface area contributed by atoms with Crippen molar-refractivity contribution in [3.63, 3.8) is 0 Å². The number of rotatable bonds is 3. The molecule has 0 spiro atoms. The monoisotopic (exact) mass is 421 g/mol. The molecule has 2 aromatic heterocycles. The lowest BCUT2D eigenvalue weighted by Gasteiger charge is -2.16. The predicted octanol–water partition coefficient (Wildman–Crippen LogP) is 7.73. The minimum absolute atomic E-state index is 0.203. The van der Waals surface area contributed by atoms with E-state index >= 15 is 0 Å². The number of hydrogen-bond acceptors (Lipinski definition) is 1. The molecule has 0 radical (unpaired) electrons. The molecule has 0 N–H and O–H groups in total. The summed E-state index contributed by atoms with van der Waals surface area (Å²) < 4.78 is 42.4. The normalized spacial score (nSPS) is 15.4. The highest BCUT2D eigenvalue weighted by Gasteiger charge is 2.25. The molecule has 5 aromatic rings. The number of nitrogens with zero attached hydrogens (tertiary/aromatic N) is 2. The van der Waals surface area contributed by atoms with Crippen molar-refractivity contribution in [2.24, 2.45) is 7.05 Å².